The normalized spacial score (nSPS) is 19.1. The van der Waals surface area contributed by atoms with Gasteiger partial charge in [0.05, 0.1) is 12.2 Å². The second kappa shape index (κ2) is 6.25. The van der Waals surface area contributed by atoms with Crippen LogP contribution in [-0.4, -0.2) is 26.4 Å². The van der Waals surface area contributed by atoms with Crippen molar-refractivity contribution in [1.82, 2.24) is 19.9 Å². The van der Waals surface area contributed by atoms with E-state index >= 15 is 0 Å². The van der Waals surface area contributed by atoms with Gasteiger partial charge in [-0.25, -0.2) is 9.50 Å². The average molecular weight is 349 g/mol. The molecule has 3 aromatic rings. The minimum Gasteiger partial charge on any atom is -0.365 e. The van der Waals surface area contributed by atoms with E-state index in [0.717, 1.165) is 18.4 Å². The van der Waals surface area contributed by atoms with Crippen LogP contribution in [0.15, 0.2) is 42.7 Å². The summed E-state index contributed by atoms with van der Waals surface area (Å²) in [5.41, 5.74) is 8.56. The summed E-state index contributed by atoms with van der Waals surface area (Å²) in [6.07, 6.45) is 4.71. The molecule has 4 rings (SSSR count). The number of nitrogens with two attached hydrogens (primary N) is 1. The number of carbonyl (C=O) groups is 2. The zero-order valence-corrected chi connectivity index (χ0v) is 14.3. The number of nitrogens with one attached hydrogen (secondary N) is 1. The molecule has 2 amide bonds. The van der Waals surface area contributed by atoms with Crippen molar-refractivity contribution in [1.29, 1.82) is 0 Å². The highest BCUT2D eigenvalue weighted by Gasteiger charge is 2.26. The molecule has 0 fully saturated rings. The highest BCUT2D eigenvalue weighted by molar-refractivity contribution is 5.99. The predicted molar refractivity (Wildman–Crippen MR) is 95.8 cm³/mol. The number of hydrogen-bond acceptors (Lipinski definition) is 4. The number of amides is 2. The van der Waals surface area contributed by atoms with Gasteiger partial charge in [-0.3, -0.25) is 9.59 Å². The standard InChI is InChI=1S/C19H19N5O2/c1-11-6-7-15(13-5-3-2-4-12(11)13)23-19(26)16-8-9-21-18-14(17(20)25)10-22-24(16)18/h2-5,8-11,15H,6-7H2,1H3,(H2,20,25)(H,23,26). The number of carbonyl (C=O) groups excluding carboxylic acids is 2. The maximum atomic E-state index is 12.9. The van der Waals surface area contributed by atoms with Gasteiger partial charge in [0.1, 0.15) is 11.3 Å². The smallest absolute Gasteiger partial charge is 0.270 e. The molecule has 2 heterocycles. The van der Waals surface area contributed by atoms with Crippen LogP contribution in [0.25, 0.3) is 5.65 Å². The van der Waals surface area contributed by atoms with E-state index in [1.165, 1.54) is 22.5 Å². The Bertz CT molecular complexity index is 1010. The Morgan fingerprint density at radius 2 is 1.96 bits per heavy atom. The van der Waals surface area contributed by atoms with Crippen molar-refractivity contribution in [2.45, 2.75) is 31.7 Å². The fourth-order valence-corrected chi connectivity index (χ4v) is 3.62. The van der Waals surface area contributed by atoms with E-state index < -0.39 is 5.91 Å². The minimum atomic E-state index is -0.625. The number of primary amides is 1. The molecule has 2 aromatic heterocycles. The summed E-state index contributed by atoms with van der Waals surface area (Å²) < 4.78 is 1.35. The van der Waals surface area contributed by atoms with Crippen LogP contribution >= 0.6 is 0 Å². The van der Waals surface area contributed by atoms with Gasteiger partial charge < -0.3 is 11.1 Å². The van der Waals surface area contributed by atoms with Crippen LogP contribution in [0, 0.1) is 0 Å². The van der Waals surface area contributed by atoms with Gasteiger partial charge in [0.25, 0.3) is 11.8 Å². The highest BCUT2D eigenvalue weighted by Crippen LogP contribution is 2.37. The predicted octanol–water partition coefficient (Wildman–Crippen LogP) is 2.20. The lowest BCUT2D eigenvalue weighted by molar-refractivity contribution is 0.0923. The van der Waals surface area contributed by atoms with E-state index in [1.54, 1.807) is 6.07 Å². The van der Waals surface area contributed by atoms with Crippen LogP contribution in [0.3, 0.4) is 0 Å². The van der Waals surface area contributed by atoms with Crippen molar-refractivity contribution in [2.24, 2.45) is 5.73 Å². The molecule has 0 aliphatic heterocycles. The molecule has 0 saturated carbocycles. The first-order chi connectivity index (χ1) is 12.6. The Kier molecular flexibility index (Phi) is 3.91. The van der Waals surface area contributed by atoms with E-state index in [-0.39, 0.29) is 23.2 Å². The third-order valence-electron chi connectivity index (χ3n) is 5.00. The number of rotatable bonds is 3. The third kappa shape index (κ3) is 2.61. The minimum absolute atomic E-state index is 0.0516. The first-order valence-corrected chi connectivity index (χ1v) is 8.58. The first-order valence-electron chi connectivity index (χ1n) is 8.58. The van der Waals surface area contributed by atoms with Gasteiger partial charge in [-0.05, 0) is 36.0 Å². The Morgan fingerprint density at radius 3 is 2.73 bits per heavy atom. The van der Waals surface area contributed by atoms with Crippen molar-refractivity contribution in [3.05, 3.63) is 65.1 Å². The molecule has 1 aliphatic rings. The molecule has 132 valence electrons. The summed E-state index contributed by atoms with van der Waals surface area (Å²) in [6, 6.07) is 9.74. The SMILES string of the molecule is CC1CCC(NC(=O)c2ccnc3c(C(N)=O)cnn23)c2ccccc21. The van der Waals surface area contributed by atoms with Gasteiger partial charge in [-0.1, -0.05) is 31.2 Å². The van der Waals surface area contributed by atoms with Gasteiger partial charge in [-0.15, -0.1) is 0 Å². The summed E-state index contributed by atoms with van der Waals surface area (Å²) >= 11 is 0. The number of benzene rings is 1. The van der Waals surface area contributed by atoms with Crippen LogP contribution in [0.4, 0.5) is 0 Å². The van der Waals surface area contributed by atoms with Gasteiger partial charge in [0, 0.05) is 6.20 Å². The third-order valence-corrected chi connectivity index (χ3v) is 5.00. The van der Waals surface area contributed by atoms with Crippen molar-refractivity contribution in [2.75, 3.05) is 0 Å². The lowest BCUT2D eigenvalue weighted by Gasteiger charge is -2.30. The zero-order chi connectivity index (χ0) is 18.3. The second-order valence-electron chi connectivity index (χ2n) is 6.62. The van der Waals surface area contributed by atoms with Crippen LogP contribution in [0.1, 0.15) is 63.7 Å². The molecular weight excluding hydrogens is 330 g/mol. The number of hydrogen-bond donors (Lipinski definition) is 2. The molecule has 3 N–H and O–H groups in total. The Labute approximate surface area is 150 Å². The summed E-state index contributed by atoms with van der Waals surface area (Å²) in [7, 11) is 0. The summed E-state index contributed by atoms with van der Waals surface area (Å²) in [5.74, 6) is -0.401. The average Bonchev–Trinajstić information content (AvgIpc) is 3.08. The maximum Gasteiger partial charge on any atom is 0.270 e. The molecule has 2 unspecified atom stereocenters. The Balaban J connectivity index is 1.67. The van der Waals surface area contributed by atoms with Crippen LogP contribution < -0.4 is 11.1 Å². The molecule has 1 aliphatic carbocycles. The largest absolute Gasteiger partial charge is 0.365 e. The molecule has 1 aromatic carbocycles. The molecule has 0 saturated heterocycles. The van der Waals surface area contributed by atoms with Gasteiger partial charge in [0.15, 0.2) is 5.65 Å². The number of fused-ring (bicyclic) bond motifs is 2. The molecule has 26 heavy (non-hydrogen) atoms. The summed E-state index contributed by atoms with van der Waals surface area (Å²) in [6.45, 7) is 2.21. The highest BCUT2D eigenvalue weighted by atomic mass is 16.2. The fourth-order valence-electron chi connectivity index (χ4n) is 3.62. The maximum absolute atomic E-state index is 12.9. The van der Waals surface area contributed by atoms with Crippen LogP contribution in [0.5, 0.6) is 0 Å². The van der Waals surface area contributed by atoms with Crippen molar-refractivity contribution >= 4 is 17.5 Å². The topological polar surface area (TPSA) is 102 Å². The molecular formula is C19H19N5O2. The molecule has 7 heteroatoms. The lowest BCUT2D eigenvalue weighted by Crippen LogP contribution is -2.32. The number of nitrogens with zero attached hydrogens (tertiary/aromatic N) is 3. The molecule has 0 spiro atoms. The van der Waals surface area contributed by atoms with Crippen molar-refractivity contribution in [3.8, 4) is 0 Å². The summed E-state index contributed by atoms with van der Waals surface area (Å²) in [4.78, 5) is 28.5. The van der Waals surface area contributed by atoms with Gasteiger partial charge >= 0.3 is 0 Å². The fraction of sp³-hybridized carbons (Fsp3) is 0.263. The number of aromatic nitrogens is 3. The van der Waals surface area contributed by atoms with Gasteiger partial charge in [-0.2, -0.15) is 5.10 Å². The van der Waals surface area contributed by atoms with E-state index in [9.17, 15) is 9.59 Å². The Hall–Kier alpha value is -3.22. The summed E-state index contributed by atoms with van der Waals surface area (Å²) in [5, 5.41) is 7.20. The molecule has 2 atom stereocenters. The van der Waals surface area contributed by atoms with E-state index in [4.69, 9.17) is 5.73 Å². The van der Waals surface area contributed by atoms with E-state index in [0.29, 0.717) is 11.6 Å². The lowest BCUT2D eigenvalue weighted by atomic mass is 9.81. The Morgan fingerprint density at radius 1 is 1.19 bits per heavy atom. The van der Waals surface area contributed by atoms with E-state index in [2.05, 4.69) is 34.5 Å². The molecule has 0 radical (unpaired) electrons. The van der Waals surface area contributed by atoms with E-state index in [1.807, 2.05) is 12.1 Å². The molecule has 7 nitrogen and oxygen atoms in total. The monoisotopic (exact) mass is 349 g/mol. The van der Waals surface area contributed by atoms with Crippen molar-refractivity contribution < 1.29 is 9.59 Å². The van der Waals surface area contributed by atoms with Crippen LogP contribution in [0.2, 0.25) is 0 Å². The second-order valence-corrected chi connectivity index (χ2v) is 6.62. The van der Waals surface area contributed by atoms with Gasteiger partial charge in [0.2, 0.25) is 0 Å². The zero-order valence-electron chi connectivity index (χ0n) is 14.3. The molecule has 0 bridgehead atoms. The quantitative estimate of drug-likeness (QED) is 0.756. The van der Waals surface area contributed by atoms with Crippen molar-refractivity contribution in [3.63, 3.8) is 0 Å². The first kappa shape index (κ1) is 16.3. The van der Waals surface area contributed by atoms with Crippen LogP contribution in [-0.2, 0) is 0 Å².